The molecule has 2 aliphatic heterocycles. The van der Waals surface area contributed by atoms with E-state index in [0.717, 1.165) is 18.4 Å². The van der Waals surface area contributed by atoms with Gasteiger partial charge < -0.3 is 10.6 Å². The maximum atomic E-state index is 3.69. The quantitative estimate of drug-likeness (QED) is 0.659. The molecule has 2 fully saturated rings. The number of hydrogen-bond donors (Lipinski definition) is 2. The highest BCUT2D eigenvalue weighted by atomic mass is 79.9. The first-order chi connectivity index (χ1) is 5.86. The van der Waals surface area contributed by atoms with Crippen LogP contribution in [0.2, 0.25) is 0 Å². The predicted molar refractivity (Wildman–Crippen MR) is 54.7 cm³/mol. The van der Waals surface area contributed by atoms with Gasteiger partial charge in [0.05, 0.1) is 0 Å². The van der Waals surface area contributed by atoms with Crippen LogP contribution in [0.25, 0.3) is 0 Å². The lowest BCUT2D eigenvalue weighted by atomic mass is 9.86. The van der Waals surface area contributed by atoms with Crippen molar-refractivity contribution >= 4 is 15.9 Å². The Hall–Kier alpha value is 0.400. The molecule has 2 saturated heterocycles. The molecule has 0 radical (unpaired) electrons. The third-order valence-corrected chi connectivity index (χ3v) is 3.79. The van der Waals surface area contributed by atoms with Crippen molar-refractivity contribution in [3.8, 4) is 0 Å². The van der Waals surface area contributed by atoms with Crippen molar-refractivity contribution < 1.29 is 0 Å². The summed E-state index contributed by atoms with van der Waals surface area (Å²) in [5, 5.41) is 6.93. The van der Waals surface area contributed by atoms with Crippen LogP contribution in [0.4, 0.5) is 0 Å². The smallest absolute Gasteiger partial charge is 0.0273 e. The van der Waals surface area contributed by atoms with Gasteiger partial charge in [0.15, 0.2) is 0 Å². The maximum Gasteiger partial charge on any atom is 0.0273 e. The highest BCUT2D eigenvalue weighted by Crippen LogP contribution is 2.27. The van der Waals surface area contributed by atoms with Gasteiger partial charge in [-0.1, -0.05) is 15.9 Å². The lowest BCUT2D eigenvalue weighted by molar-refractivity contribution is 0.286. The van der Waals surface area contributed by atoms with Crippen molar-refractivity contribution in [3.63, 3.8) is 0 Å². The Morgan fingerprint density at radius 3 is 2.50 bits per heavy atom. The van der Waals surface area contributed by atoms with Crippen LogP contribution < -0.4 is 10.6 Å². The SMILES string of the molecule is BrC1CNCC(C2CCNC2)C1. The van der Waals surface area contributed by atoms with Gasteiger partial charge in [-0.2, -0.15) is 0 Å². The van der Waals surface area contributed by atoms with Crippen LogP contribution in [-0.2, 0) is 0 Å². The minimum Gasteiger partial charge on any atom is -0.316 e. The summed E-state index contributed by atoms with van der Waals surface area (Å²) in [6.45, 7) is 4.85. The first kappa shape index (κ1) is 8.97. The van der Waals surface area contributed by atoms with Crippen molar-refractivity contribution in [1.82, 2.24) is 10.6 Å². The van der Waals surface area contributed by atoms with Crippen LogP contribution in [0.3, 0.4) is 0 Å². The van der Waals surface area contributed by atoms with Crippen LogP contribution in [0, 0.1) is 11.8 Å². The monoisotopic (exact) mass is 232 g/mol. The van der Waals surface area contributed by atoms with Gasteiger partial charge in [0.2, 0.25) is 0 Å². The minimum atomic E-state index is 0.705. The lowest BCUT2D eigenvalue weighted by Crippen LogP contribution is -2.40. The molecule has 3 heteroatoms. The number of hydrogen-bond acceptors (Lipinski definition) is 2. The van der Waals surface area contributed by atoms with E-state index in [-0.39, 0.29) is 0 Å². The molecule has 0 aromatic rings. The largest absolute Gasteiger partial charge is 0.316 e. The lowest BCUT2D eigenvalue weighted by Gasteiger charge is -2.30. The molecule has 2 N–H and O–H groups in total. The Morgan fingerprint density at radius 2 is 1.83 bits per heavy atom. The van der Waals surface area contributed by atoms with Gasteiger partial charge in [-0.15, -0.1) is 0 Å². The van der Waals surface area contributed by atoms with E-state index in [0.29, 0.717) is 4.83 Å². The van der Waals surface area contributed by atoms with Gasteiger partial charge in [-0.25, -0.2) is 0 Å². The van der Waals surface area contributed by atoms with Crippen LogP contribution in [0.5, 0.6) is 0 Å². The molecule has 0 aromatic heterocycles. The van der Waals surface area contributed by atoms with E-state index in [4.69, 9.17) is 0 Å². The van der Waals surface area contributed by atoms with Crippen molar-refractivity contribution in [2.45, 2.75) is 17.7 Å². The molecule has 2 heterocycles. The van der Waals surface area contributed by atoms with E-state index >= 15 is 0 Å². The first-order valence-corrected chi connectivity index (χ1v) is 5.83. The van der Waals surface area contributed by atoms with Gasteiger partial charge in [-0.05, 0) is 44.3 Å². The van der Waals surface area contributed by atoms with Gasteiger partial charge in [0, 0.05) is 11.4 Å². The molecule has 3 unspecified atom stereocenters. The second kappa shape index (κ2) is 4.07. The van der Waals surface area contributed by atoms with Gasteiger partial charge in [0.1, 0.15) is 0 Å². The summed E-state index contributed by atoms with van der Waals surface area (Å²) < 4.78 is 0. The summed E-state index contributed by atoms with van der Waals surface area (Å²) >= 11 is 3.69. The fourth-order valence-corrected chi connectivity index (χ4v) is 3.07. The normalized spacial score (nSPS) is 43.2. The van der Waals surface area contributed by atoms with Crippen molar-refractivity contribution in [2.75, 3.05) is 26.2 Å². The summed E-state index contributed by atoms with van der Waals surface area (Å²) in [5.41, 5.74) is 0. The zero-order valence-electron chi connectivity index (χ0n) is 7.35. The van der Waals surface area contributed by atoms with E-state index in [1.54, 1.807) is 0 Å². The Kier molecular flexibility index (Phi) is 3.05. The Balaban J connectivity index is 1.85. The molecular weight excluding hydrogens is 216 g/mol. The molecule has 12 heavy (non-hydrogen) atoms. The summed E-state index contributed by atoms with van der Waals surface area (Å²) in [6.07, 6.45) is 2.74. The van der Waals surface area contributed by atoms with E-state index in [1.165, 1.54) is 32.5 Å². The number of rotatable bonds is 1. The van der Waals surface area contributed by atoms with Gasteiger partial charge in [-0.3, -0.25) is 0 Å². The zero-order chi connectivity index (χ0) is 8.39. The van der Waals surface area contributed by atoms with E-state index in [9.17, 15) is 0 Å². The summed E-state index contributed by atoms with van der Waals surface area (Å²) in [4.78, 5) is 0.705. The Labute approximate surface area is 82.6 Å². The molecule has 2 rings (SSSR count). The third-order valence-electron chi connectivity index (χ3n) is 3.10. The minimum absolute atomic E-state index is 0.705. The van der Waals surface area contributed by atoms with Crippen LogP contribution >= 0.6 is 15.9 Å². The van der Waals surface area contributed by atoms with E-state index in [2.05, 4.69) is 26.6 Å². The Bertz CT molecular complexity index is 145. The molecule has 0 bridgehead atoms. The number of nitrogens with one attached hydrogen (secondary N) is 2. The predicted octanol–water partition coefficient (Wildman–Crippen LogP) is 0.969. The molecule has 70 valence electrons. The summed E-state index contributed by atoms with van der Waals surface area (Å²) in [5.74, 6) is 1.83. The summed E-state index contributed by atoms with van der Waals surface area (Å²) in [7, 11) is 0. The maximum absolute atomic E-state index is 3.69. The first-order valence-electron chi connectivity index (χ1n) is 4.92. The topological polar surface area (TPSA) is 24.1 Å². The molecule has 2 aliphatic rings. The molecule has 0 spiro atoms. The summed E-state index contributed by atoms with van der Waals surface area (Å²) in [6, 6.07) is 0. The fraction of sp³-hybridized carbons (Fsp3) is 1.00. The van der Waals surface area contributed by atoms with Crippen LogP contribution in [0.15, 0.2) is 0 Å². The van der Waals surface area contributed by atoms with Crippen molar-refractivity contribution in [1.29, 1.82) is 0 Å². The highest BCUT2D eigenvalue weighted by Gasteiger charge is 2.28. The molecule has 0 aromatic carbocycles. The van der Waals surface area contributed by atoms with Gasteiger partial charge in [0.25, 0.3) is 0 Å². The second-order valence-corrected chi connectivity index (χ2v) is 5.30. The number of piperidine rings is 1. The molecule has 0 amide bonds. The van der Waals surface area contributed by atoms with Crippen LogP contribution in [0.1, 0.15) is 12.8 Å². The zero-order valence-corrected chi connectivity index (χ0v) is 8.94. The average Bonchev–Trinajstić information content (AvgIpc) is 2.56. The fourth-order valence-electron chi connectivity index (χ4n) is 2.36. The molecular formula is C9H17BrN2. The molecule has 3 atom stereocenters. The van der Waals surface area contributed by atoms with Crippen LogP contribution in [-0.4, -0.2) is 31.0 Å². The second-order valence-electron chi connectivity index (χ2n) is 4.00. The van der Waals surface area contributed by atoms with E-state index < -0.39 is 0 Å². The number of alkyl halides is 1. The third kappa shape index (κ3) is 2.01. The molecule has 0 aliphatic carbocycles. The average molecular weight is 233 g/mol. The highest BCUT2D eigenvalue weighted by molar-refractivity contribution is 9.09. The van der Waals surface area contributed by atoms with Gasteiger partial charge >= 0.3 is 0 Å². The van der Waals surface area contributed by atoms with E-state index in [1.807, 2.05) is 0 Å². The molecule has 0 saturated carbocycles. The van der Waals surface area contributed by atoms with Crippen molar-refractivity contribution in [2.24, 2.45) is 11.8 Å². The molecule has 2 nitrogen and oxygen atoms in total. The standard InChI is InChI=1S/C9H17BrN2/c10-9-3-8(5-12-6-9)7-1-2-11-4-7/h7-9,11-12H,1-6H2. The van der Waals surface area contributed by atoms with Crippen molar-refractivity contribution in [3.05, 3.63) is 0 Å². The Morgan fingerprint density at radius 1 is 1.00 bits per heavy atom. The number of halogens is 1.